The summed E-state index contributed by atoms with van der Waals surface area (Å²) in [5.74, 6) is 0.837. The highest BCUT2D eigenvalue weighted by Crippen LogP contribution is 2.37. The van der Waals surface area contributed by atoms with Gasteiger partial charge in [-0.1, -0.05) is 26.0 Å². The molecule has 18 heavy (non-hydrogen) atoms. The zero-order valence-electron chi connectivity index (χ0n) is 11.2. The van der Waals surface area contributed by atoms with E-state index < -0.39 is 0 Å². The third kappa shape index (κ3) is 2.28. The number of hydrogen-bond donors (Lipinski definition) is 1. The molecule has 1 atom stereocenters. The number of ether oxygens (including phenoxy) is 2. The molecule has 1 aromatic rings. The highest BCUT2D eigenvalue weighted by atomic mass is 16.6. The van der Waals surface area contributed by atoms with Crippen molar-refractivity contribution in [3.05, 3.63) is 29.3 Å². The van der Waals surface area contributed by atoms with Gasteiger partial charge in [0, 0.05) is 5.41 Å². The summed E-state index contributed by atoms with van der Waals surface area (Å²) in [5.41, 5.74) is 1.98. The number of hydrogen-bond acceptors (Lipinski definition) is 3. The van der Waals surface area contributed by atoms with Crippen LogP contribution in [0.1, 0.15) is 31.0 Å². The van der Waals surface area contributed by atoms with E-state index in [1.807, 2.05) is 25.1 Å². The number of cyclic esters (lactones) is 1. The van der Waals surface area contributed by atoms with Crippen molar-refractivity contribution in [1.29, 1.82) is 0 Å². The van der Waals surface area contributed by atoms with E-state index in [9.17, 15) is 4.79 Å². The first-order valence-corrected chi connectivity index (χ1v) is 6.02. The van der Waals surface area contributed by atoms with Gasteiger partial charge in [0.15, 0.2) is 0 Å². The van der Waals surface area contributed by atoms with Gasteiger partial charge in [0.1, 0.15) is 12.4 Å². The minimum absolute atomic E-state index is 0.0618. The second-order valence-corrected chi connectivity index (χ2v) is 5.37. The summed E-state index contributed by atoms with van der Waals surface area (Å²) in [6, 6.07) is 5.95. The monoisotopic (exact) mass is 249 g/mol. The lowest BCUT2D eigenvalue weighted by Gasteiger charge is -2.38. The number of rotatable bonds is 2. The predicted octanol–water partition coefficient (Wildman–Crippen LogP) is 2.81. The Labute approximate surface area is 107 Å². The standard InChI is InChI=1S/C14H19NO3/c1-9-5-6-10(7-11(9)17-4)12-14(2,3)8-18-13(16)15-12/h5-7,12H,8H2,1-4H3,(H,15,16)/t12-/m0/s1. The van der Waals surface area contributed by atoms with Crippen LogP contribution in [0.25, 0.3) is 0 Å². The fourth-order valence-corrected chi connectivity index (χ4v) is 2.24. The molecule has 1 heterocycles. The molecule has 0 saturated carbocycles. The minimum Gasteiger partial charge on any atom is -0.496 e. The Morgan fingerprint density at radius 2 is 2.17 bits per heavy atom. The van der Waals surface area contributed by atoms with Crippen LogP contribution >= 0.6 is 0 Å². The van der Waals surface area contributed by atoms with E-state index >= 15 is 0 Å². The Bertz CT molecular complexity index is 468. The molecular weight excluding hydrogens is 230 g/mol. The molecule has 0 radical (unpaired) electrons. The Kier molecular flexibility index (Phi) is 3.20. The van der Waals surface area contributed by atoms with Crippen molar-refractivity contribution in [3.63, 3.8) is 0 Å². The normalized spacial score (nSPS) is 22.0. The summed E-state index contributed by atoms with van der Waals surface area (Å²) in [6.07, 6.45) is -0.362. The molecule has 1 aliphatic rings. The van der Waals surface area contributed by atoms with Gasteiger partial charge in [0.05, 0.1) is 13.2 Å². The molecule has 0 spiro atoms. The van der Waals surface area contributed by atoms with Gasteiger partial charge in [-0.3, -0.25) is 0 Å². The molecule has 2 rings (SSSR count). The molecule has 0 bridgehead atoms. The number of alkyl carbamates (subject to hydrolysis) is 1. The lowest BCUT2D eigenvalue weighted by molar-refractivity contribution is 0.0387. The molecule has 0 aliphatic carbocycles. The van der Waals surface area contributed by atoms with Crippen molar-refractivity contribution in [1.82, 2.24) is 5.32 Å². The van der Waals surface area contributed by atoms with Gasteiger partial charge in [-0.15, -0.1) is 0 Å². The predicted molar refractivity (Wildman–Crippen MR) is 68.7 cm³/mol. The highest BCUT2D eigenvalue weighted by molar-refractivity contribution is 5.69. The lowest BCUT2D eigenvalue weighted by atomic mass is 9.80. The van der Waals surface area contributed by atoms with Crippen molar-refractivity contribution in [3.8, 4) is 5.75 Å². The average Bonchev–Trinajstić information content (AvgIpc) is 2.33. The molecule has 1 aliphatic heterocycles. The molecule has 0 aromatic heterocycles. The third-order valence-corrected chi connectivity index (χ3v) is 3.38. The maximum atomic E-state index is 11.4. The van der Waals surface area contributed by atoms with Gasteiger partial charge in [-0.05, 0) is 24.1 Å². The van der Waals surface area contributed by atoms with E-state index in [-0.39, 0.29) is 17.6 Å². The van der Waals surface area contributed by atoms with Crippen LogP contribution in [-0.2, 0) is 4.74 Å². The molecule has 4 nitrogen and oxygen atoms in total. The highest BCUT2D eigenvalue weighted by Gasteiger charge is 2.38. The van der Waals surface area contributed by atoms with Crippen molar-refractivity contribution < 1.29 is 14.3 Å². The van der Waals surface area contributed by atoms with E-state index in [0.717, 1.165) is 16.9 Å². The van der Waals surface area contributed by atoms with Crippen LogP contribution in [-0.4, -0.2) is 19.8 Å². The van der Waals surface area contributed by atoms with Crippen molar-refractivity contribution in [2.24, 2.45) is 5.41 Å². The van der Waals surface area contributed by atoms with Crippen LogP contribution in [0.3, 0.4) is 0 Å². The van der Waals surface area contributed by atoms with Crippen LogP contribution in [0.2, 0.25) is 0 Å². The molecular formula is C14H19NO3. The number of carbonyl (C=O) groups excluding carboxylic acids is 1. The van der Waals surface area contributed by atoms with E-state index in [0.29, 0.717) is 6.61 Å². The fourth-order valence-electron chi connectivity index (χ4n) is 2.24. The summed E-state index contributed by atoms with van der Waals surface area (Å²) in [5, 5.41) is 2.88. The zero-order valence-corrected chi connectivity index (χ0v) is 11.2. The van der Waals surface area contributed by atoms with Crippen LogP contribution in [0.4, 0.5) is 4.79 Å². The quantitative estimate of drug-likeness (QED) is 0.876. The molecule has 1 amide bonds. The first-order chi connectivity index (χ1) is 8.44. The van der Waals surface area contributed by atoms with E-state index in [1.54, 1.807) is 7.11 Å². The third-order valence-electron chi connectivity index (χ3n) is 3.38. The average molecular weight is 249 g/mol. The van der Waals surface area contributed by atoms with Gasteiger partial charge in [0.2, 0.25) is 0 Å². The summed E-state index contributed by atoms with van der Waals surface area (Å²) in [4.78, 5) is 11.4. The molecule has 1 saturated heterocycles. The van der Waals surface area contributed by atoms with Gasteiger partial charge >= 0.3 is 6.09 Å². The number of carbonyl (C=O) groups is 1. The second kappa shape index (κ2) is 4.52. The van der Waals surface area contributed by atoms with Crippen molar-refractivity contribution >= 4 is 6.09 Å². The van der Waals surface area contributed by atoms with Gasteiger partial charge < -0.3 is 14.8 Å². The van der Waals surface area contributed by atoms with E-state index in [1.165, 1.54) is 0 Å². The van der Waals surface area contributed by atoms with Crippen LogP contribution < -0.4 is 10.1 Å². The molecule has 0 unspecified atom stereocenters. The van der Waals surface area contributed by atoms with Crippen LogP contribution in [0.15, 0.2) is 18.2 Å². The Balaban J connectivity index is 2.37. The molecule has 1 N–H and O–H groups in total. The van der Waals surface area contributed by atoms with Crippen molar-refractivity contribution in [2.45, 2.75) is 26.8 Å². The molecule has 4 heteroatoms. The fraction of sp³-hybridized carbons (Fsp3) is 0.500. The molecule has 1 aromatic carbocycles. The molecule has 98 valence electrons. The SMILES string of the molecule is COc1cc([C@@H]2NC(=O)OCC2(C)C)ccc1C. The second-order valence-electron chi connectivity index (χ2n) is 5.37. The number of methoxy groups -OCH3 is 1. The van der Waals surface area contributed by atoms with E-state index in [4.69, 9.17) is 9.47 Å². The van der Waals surface area contributed by atoms with E-state index in [2.05, 4.69) is 19.2 Å². The molecule has 1 fully saturated rings. The summed E-state index contributed by atoms with van der Waals surface area (Å²) >= 11 is 0. The Morgan fingerprint density at radius 1 is 1.44 bits per heavy atom. The van der Waals surface area contributed by atoms with Gasteiger partial charge in [0.25, 0.3) is 0 Å². The largest absolute Gasteiger partial charge is 0.496 e. The number of benzene rings is 1. The number of nitrogens with one attached hydrogen (secondary N) is 1. The maximum absolute atomic E-state index is 11.4. The van der Waals surface area contributed by atoms with Crippen LogP contribution in [0, 0.1) is 12.3 Å². The number of aryl methyl sites for hydroxylation is 1. The lowest BCUT2D eigenvalue weighted by Crippen LogP contribution is -2.46. The topological polar surface area (TPSA) is 47.6 Å². The first-order valence-electron chi connectivity index (χ1n) is 6.02. The summed E-state index contributed by atoms with van der Waals surface area (Å²) in [7, 11) is 1.65. The van der Waals surface area contributed by atoms with Crippen LogP contribution in [0.5, 0.6) is 5.75 Å². The van der Waals surface area contributed by atoms with Gasteiger partial charge in [-0.25, -0.2) is 4.79 Å². The Hall–Kier alpha value is -1.71. The zero-order chi connectivity index (χ0) is 13.3. The summed E-state index contributed by atoms with van der Waals surface area (Å²) < 4.78 is 10.4. The first kappa shape index (κ1) is 12.7. The minimum atomic E-state index is -0.362. The van der Waals surface area contributed by atoms with Gasteiger partial charge in [-0.2, -0.15) is 0 Å². The Morgan fingerprint density at radius 3 is 2.83 bits per heavy atom. The smallest absolute Gasteiger partial charge is 0.407 e. The maximum Gasteiger partial charge on any atom is 0.407 e. The summed E-state index contributed by atoms with van der Waals surface area (Å²) in [6.45, 7) is 6.56. The van der Waals surface area contributed by atoms with Crippen molar-refractivity contribution in [2.75, 3.05) is 13.7 Å². The number of amides is 1.